The SMILES string of the molecule is C=C(C)C1CC(O)C(C)=CC1c1c(O)c(C)c(Br)c(C)c1O. The van der Waals surface area contributed by atoms with Crippen LogP contribution in [0.3, 0.4) is 0 Å². The zero-order valence-electron chi connectivity index (χ0n) is 13.4. The van der Waals surface area contributed by atoms with Crippen LogP contribution in [0.4, 0.5) is 0 Å². The van der Waals surface area contributed by atoms with Crippen LogP contribution in [0.2, 0.25) is 0 Å². The van der Waals surface area contributed by atoms with Gasteiger partial charge in [-0.25, -0.2) is 0 Å². The molecule has 0 heterocycles. The number of aliphatic hydroxyl groups is 1. The molecule has 0 aromatic heterocycles. The second kappa shape index (κ2) is 6.09. The van der Waals surface area contributed by atoms with E-state index in [-0.39, 0.29) is 23.3 Å². The van der Waals surface area contributed by atoms with Gasteiger partial charge in [0.1, 0.15) is 11.5 Å². The Balaban J connectivity index is 2.70. The number of aromatic hydroxyl groups is 2. The minimum Gasteiger partial charge on any atom is -0.507 e. The molecule has 1 aromatic rings. The summed E-state index contributed by atoms with van der Waals surface area (Å²) in [4.78, 5) is 0. The van der Waals surface area contributed by atoms with Crippen molar-refractivity contribution in [3.8, 4) is 11.5 Å². The standard InChI is InChI=1S/C18H23BrO3/c1-8(2)12-7-14(20)9(3)6-13(12)15-17(21)10(4)16(19)11(5)18(15)22/h6,12-14,20-22H,1,7H2,2-5H3. The van der Waals surface area contributed by atoms with Gasteiger partial charge < -0.3 is 15.3 Å². The first-order valence-electron chi connectivity index (χ1n) is 7.39. The van der Waals surface area contributed by atoms with Crippen LogP contribution in [0.1, 0.15) is 42.9 Å². The number of halogens is 1. The molecule has 3 nitrogen and oxygen atoms in total. The highest BCUT2D eigenvalue weighted by Crippen LogP contribution is 2.50. The maximum Gasteiger partial charge on any atom is 0.127 e. The van der Waals surface area contributed by atoms with Gasteiger partial charge in [-0.3, -0.25) is 0 Å². The first-order valence-corrected chi connectivity index (χ1v) is 8.18. The van der Waals surface area contributed by atoms with Crippen LogP contribution in [0.5, 0.6) is 11.5 Å². The predicted molar refractivity (Wildman–Crippen MR) is 92.4 cm³/mol. The van der Waals surface area contributed by atoms with E-state index in [1.165, 1.54) is 0 Å². The Morgan fingerprint density at radius 3 is 2.14 bits per heavy atom. The Kier molecular flexibility index (Phi) is 4.73. The van der Waals surface area contributed by atoms with Gasteiger partial charge in [-0.1, -0.05) is 18.2 Å². The van der Waals surface area contributed by atoms with Crippen molar-refractivity contribution in [3.63, 3.8) is 0 Å². The molecule has 4 heteroatoms. The Bertz CT molecular complexity index is 632. The molecule has 0 saturated carbocycles. The second-order valence-electron chi connectivity index (χ2n) is 6.32. The van der Waals surface area contributed by atoms with Gasteiger partial charge in [0.2, 0.25) is 0 Å². The van der Waals surface area contributed by atoms with Crippen LogP contribution in [-0.2, 0) is 0 Å². The summed E-state index contributed by atoms with van der Waals surface area (Å²) in [6, 6.07) is 0. The molecule has 3 atom stereocenters. The number of rotatable bonds is 2. The zero-order valence-corrected chi connectivity index (χ0v) is 15.0. The van der Waals surface area contributed by atoms with Gasteiger partial charge in [-0.2, -0.15) is 0 Å². The summed E-state index contributed by atoms with van der Waals surface area (Å²) < 4.78 is 0.717. The lowest BCUT2D eigenvalue weighted by molar-refractivity contribution is 0.168. The van der Waals surface area contributed by atoms with Crippen LogP contribution < -0.4 is 0 Å². The molecule has 0 bridgehead atoms. The molecule has 120 valence electrons. The van der Waals surface area contributed by atoms with Crippen LogP contribution in [0.25, 0.3) is 0 Å². The number of phenolic OH excluding ortho intramolecular Hbond substituents is 2. The maximum atomic E-state index is 10.6. The van der Waals surface area contributed by atoms with Crippen molar-refractivity contribution in [2.24, 2.45) is 5.92 Å². The van der Waals surface area contributed by atoms with Crippen LogP contribution in [0, 0.1) is 19.8 Å². The Morgan fingerprint density at radius 2 is 1.68 bits per heavy atom. The predicted octanol–water partition coefficient (Wildman–Crippen LogP) is 4.46. The second-order valence-corrected chi connectivity index (χ2v) is 7.11. The van der Waals surface area contributed by atoms with Gasteiger partial charge in [0, 0.05) is 27.1 Å². The minimum absolute atomic E-state index is 0.0181. The fourth-order valence-corrected chi connectivity index (χ4v) is 3.57. The molecule has 3 N–H and O–H groups in total. The fourth-order valence-electron chi connectivity index (χ4n) is 3.20. The molecular formula is C18H23BrO3. The Hall–Kier alpha value is -1.26. The summed E-state index contributed by atoms with van der Waals surface area (Å²) >= 11 is 3.41. The number of aliphatic hydroxyl groups excluding tert-OH is 1. The van der Waals surface area contributed by atoms with E-state index in [2.05, 4.69) is 22.5 Å². The number of allylic oxidation sites excluding steroid dienone is 2. The monoisotopic (exact) mass is 366 g/mol. The Morgan fingerprint density at radius 1 is 1.18 bits per heavy atom. The van der Waals surface area contributed by atoms with E-state index in [1.54, 1.807) is 0 Å². The summed E-state index contributed by atoms with van der Waals surface area (Å²) in [6.07, 6.45) is 1.99. The summed E-state index contributed by atoms with van der Waals surface area (Å²) in [5.74, 6) is 0.000190. The molecule has 0 fully saturated rings. The van der Waals surface area contributed by atoms with E-state index in [1.807, 2.05) is 33.8 Å². The number of benzene rings is 1. The van der Waals surface area contributed by atoms with Crippen molar-refractivity contribution >= 4 is 15.9 Å². The zero-order chi connectivity index (χ0) is 16.8. The lowest BCUT2D eigenvalue weighted by atomic mass is 9.72. The van der Waals surface area contributed by atoms with E-state index in [0.717, 1.165) is 15.6 Å². The lowest BCUT2D eigenvalue weighted by Gasteiger charge is -2.34. The molecule has 0 amide bonds. The van der Waals surface area contributed by atoms with Gasteiger partial charge in [-0.15, -0.1) is 0 Å². The highest BCUT2D eigenvalue weighted by atomic mass is 79.9. The molecule has 1 aliphatic rings. The first-order chi connectivity index (χ1) is 10.2. The van der Waals surface area contributed by atoms with Crippen molar-refractivity contribution in [1.29, 1.82) is 0 Å². The van der Waals surface area contributed by atoms with Crippen LogP contribution in [-0.4, -0.2) is 21.4 Å². The summed E-state index contributed by atoms with van der Waals surface area (Å²) in [5, 5.41) is 31.3. The highest BCUT2D eigenvalue weighted by Gasteiger charge is 2.34. The molecule has 1 aliphatic carbocycles. The molecule has 22 heavy (non-hydrogen) atoms. The van der Waals surface area contributed by atoms with Crippen molar-refractivity contribution in [2.45, 2.75) is 46.1 Å². The van der Waals surface area contributed by atoms with Crippen molar-refractivity contribution in [2.75, 3.05) is 0 Å². The molecule has 0 saturated heterocycles. The third-order valence-electron chi connectivity index (χ3n) is 4.72. The normalized spacial score (nSPS) is 25.0. The largest absolute Gasteiger partial charge is 0.507 e. The number of phenols is 2. The van der Waals surface area contributed by atoms with Gasteiger partial charge in [0.15, 0.2) is 0 Å². The average Bonchev–Trinajstić information content (AvgIpc) is 2.46. The molecule has 3 unspecified atom stereocenters. The maximum absolute atomic E-state index is 10.6. The van der Waals surface area contributed by atoms with Crippen molar-refractivity contribution < 1.29 is 15.3 Å². The Labute approximate surface area is 140 Å². The molecular weight excluding hydrogens is 344 g/mol. The van der Waals surface area contributed by atoms with E-state index >= 15 is 0 Å². The average molecular weight is 367 g/mol. The third kappa shape index (κ3) is 2.70. The molecule has 0 spiro atoms. The van der Waals surface area contributed by atoms with Crippen molar-refractivity contribution in [3.05, 3.63) is 45.0 Å². The molecule has 2 rings (SSSR count). The van der Waals surface area contributed by atoms with Gasteiger partial charge in [0.05, 0.1) is 6.10 Å². The molecule has 1 aromatic carbocycles. The van der Waals surface area contributed by atoms with Gasteiger partial charge in [-0.05, 0) is 61.5 Å². The van der Waals surface area contributed by atoms with Crippen molar-refractivity contribution in [1.82, 2.24) is 0 Å². The van der Waals surface area contributed by atoms with E-state index in [4.69, 9.17) is 0 Å². The quantitative estimate of drug-likeness (QED) is 0.676. The molecule has 0 aliphatic heterocycles. The molecule has 0 radical (unpaired) electrons. The fraction of sp³-hybridized carbons (Fsp3) is 0.444. The van der Waals surface area contributed by atoms with Gasteiger partial charge >= 0.3 is 0 Å². The van der Waals surface area contributed by atoms with Crippen LogP contribution in [0.15, 0.2) is 28.3 Å². The highest BCUT2D eigenvalue weighted by molar-refractivity contribution is 9.10. The minimum atomic E-state index is -0.500. The summed E-state index contributed by atoms with van der Waals surface area (Å²) in [6.45, 7) is 11.5. The summed E-state index contributed by atoms with van der Waals surface area (Å²) in [5.41, 5.74) is 3.74. The third-order valence-corrected chi connectivity index (χ3v) is 5.91. The van der Waals surface area contributed by atoms with E-state index < -0.39 is 6.10 Å². The number of hydrogen-bond acceptors (Lipinski definition) is 3. The summed E-state index contributed by atoms with van der Waals surface area (Å²) in [7, 11) is 0. The van der Waals surface area contributed by atoms with Crippen LogP contribution >= 0.6 is 15.9 Å². The van der Waals surface area contributed by atoms with Gasteiger partial charge in [0.25, 0.3) is 0 Å². The smallest absolute Gasteiger partial charge is 0.127 e. The number of hydrogen-bond donors (Lipinski definition) is 3. The lowest BCUT2D eigenvalue weighted by Crippen LogP contribution is -2.26. The topological polar surface area (TPSA) is 60.7 Å². The van der Waals surface area contributed by atoms with E-state index in [9.17, 15) is 15.3 Å². The first kappa shape index (κ1) is 17.1. The van der Waals surface area contributed by atoms with E-state index in [0.29, 0.717) is 23.1 Å².